The summed E-state index contributed by atoms with van der Waals surface area (Å²) in [5, 5.41) is 21.7. The molecule has 0 fully saturated rings. The van der Waals surface area contributed by atoms with E-state index in [1.54, 1.807) is 0 Å². The van der Waals surface area contributed by atoms with Crippen molar-refractivity contribution in [2.24, 2.45) is 0 Å². The lowest BCUT2D eigenvalue weighted by molar-refractivity contribution is 0.279. The first kappa shape index (κ1) is 11.6. The van der Waals surface area contributed by atoms with Gasteiger partial charge in [0, 0.05) is 0 Å². The van der Waals surface area contributed by atoms with Gasteiger partial charge >= 0.3 is 0 Å². The van der Waals surface area contributed by atoms with E-state index in [9.17, 15) is 10.2 Å². The van der Waals surface area contributed by atoms with E-state index in [0.29, 0.717) is 0 Å². The van der Waals surface area contributed by atoms with Crippen LogP contribution in [-0.4, -0.2) is 10.2 Å². The minimum Gasteiger partial charge on any atom is -0.392 e. The summed E-state index contributed by atoms with van der Waals surface area (Å²) in [6.07, 6.45) is 0. The number of fused-ring (bicyclic) bond motifs is 3. The molecule has 0 aliphatic heterocycles. The Morgan fingerprint density at radius 2 is 1.15 bits per heavy atom. The molecule has 2 nitrogen and oxygen atoms in total. The van der Waals surface area contributed by atoms with Gasteiger partial charge in [-0.05, 0) is 44.2 Å². The van der Waals surface area contributed by atoms with Crippen LogP contribution in [0.15, 0.2) is 48.5 Å². The summed E-state index contributed by atoms with van der Waals surface area (Å²) in [6.45, 7) is 0.0246. The number of aliphatic hydroxyl groups excluding tert-OH is 2. The Labute approximate surface area is 116 Å². The van der Waals surface area contributed by atoms with Crippen molar-refractivity contribution in [2.75, 3.05) is 0 Å². The summed E-state index contributed by atoms with van der Waals surface area (Å²) in [5.41, 5.74) is 6.30. The van der Waals surface area contributed by atoms with Gasteiger partial charge in [-0.3, -0.25) is 0 Å². The van der Waals surface area contributed by atoms with Gasteiger partial charge < -0.3 is 10.2 Å². The molecule has 20 heavy (non-hydrogen) atoms. The van der Waals surface area contributed by atoms with Crippen molar-refractivity contribution < 1.29 is 10.2 Å². The average Bonchev–Trinajstić information content (AvgIpc) is 2.85. The molecule has 0 saturated heterocycles. The van der Waals surface area contributed by atoms with Crippen molar-refractivity contribution in [3.8, 4) is 22.3 Å². The van der Waals surface area contributed by atoms with E-state index < -0.39 is 0 Å². The fraction of sp³-hybridized carbons (Fsp3) is 0.111. The Morgan fingerprint density at radius 3 is 1.60 bits per heavy atom. The first-order chi connectivity index (χ1) is 9.85. The second-order valence-electron chi connectivity index (χ2n) is 5.16. The molecular weight excluding hydrogens is 248 g/mol. The molecule has 0 amide bonds. The van der Waals surface area contributed by atoms with E-state index in [1.165, 1.54) is 10.8 Å². The van der Waals surface area contributed by atoms with Gasteiger partial charge in [0.15, 0.2) is 0 Å². The first-order valence-electron chi connectivity index (χ1n) is 6.74. The van der Waals surface area contributed by atoms with Gasteiger partial charge in [0.05, 0.1) is 13.2 Å². The summed E-state index contributed by atoms with van der Waals surface area (Å²) in [5.74, 6) is 0. The van der Waals surface area contributed by atoms with Gasteiger partial charge in [-0.2, -0.15) is 0 Å². The topological polar surface area (TPSA) is 40.5 Å². The largest absolute Gasteiger partial charge is 0.392 e. The van der Waals surface area contributed by atoms with Crippen LogP contribution in [0, 0.1) is 0 Å². The maximum Gasteiger partial charge on any atom is 0.0688 e. The lowest BCUT2D eigenvalue weighted by Gasteiger charge is -2.11. The van der Waals surface area contributed by atoms with Gasteiger partial charge in [-0.25, -0.2) is 0 Å². The molecule has 0 bridgehead atoms. The van der Waals surface area contributed by atoms with Crippen molar-refractivity contribution in [1.82, 2.24) is 0 Å². The molecule has 1 aliphatic rings. The molecule has 1 aliphatic carbocycles. The highest BCUT2D eigenvalue weighted by Gasteiger charge is 2.25. The summed E-state index contributed by atoms with van der Waals surface area (Å²) in [7, 11) is 0. The van der Waals surface area contributed by atoms with E-state index in [0.717, 1.165) is 33.4 Å². The third-order valence-corrected chi connectivity index (χ3v) is 4.16. The van der Waals surface area contributed by atoms with Crippen molar-refractivity contribution in [3.05, 3.63) is 59.7 Å². The van der Waals surface area contributed by atoms with Gasteiger partial charge in [0.2, 0.25) is 0 Å². The van der Waals surface area contributed by atoms with Gasteiger partial charge in [0.1, 0.15) is 0 Å². The molecule has 0 saturated carbocycles. The Morgan fingerprint density at radius 1 is 0.650 bits per heavy atom. The number of hydrogen-bond acceptors (Lipinski definition) is 2. The molecule has 4 rings (SSSR count). The molecule has 0 atom stereocenters. The van der Waals surface area contributed by atoms with Crippen molar-refractivity contribution in [3.63, 3.8) is 0 Å². The zero-order valence-electron chi connectivity index (χ0n) is 10.9. The Hall–Kier alpha value is -2.16. The second-order valence-corrected chi connectivity index (χ2v) is 5.16. The van der Waals surface area contributed by atoms with Crippen molar-refractivity contribution in [1.29, 1.82) is 0 Å². The molecule has 2 N–H and O–H groups in total. The lowest BCUT2D eigenvalue weighted by atomic mass is 9.94. The minimum atomic E-state index is 0.0123. The number of aliphatic hydroxyl groups is 2. The highest BCUT2D eigenvalue weighted by Crippen LogP contribution is 2.50. The molecule has 0 heterocycles. The van der Waals surface area contributed by atoms with E-state index in [2.05, 4.69) is 24.3 Å². The Balaban J connectivity index is 2.23. The summed E-state index contributed by atoms with van der Waals surface area (Å²) >= 11 is 0. The predicted octanol–water partition coefficient (Wildman–Crippen LogP) is 3.47. The normalized spacial score (nSPS) is 11.9. The second kappa shape index (κ2) is 4.17. The first-order valence-corrected chi connectivity index (χ1v) is 6.74. The smallest absolute Gasteiger partial charge is 0.0688 e. The minimum absolute atomic E-state index is 0.0123. The van der Waals surface area contributed by atoms with Gasteiger partial charge in [-0.1, -0.05) is 48.5 Å². The highest BCUT2D eigenvalue weighted by atomic mass is 16.3. The van der Waals surface area contributed by atoms with Gasteiger partial charge in [-0.15, -0.1) is 0 Å². The van der Waals surface area contributed by atoms with Crippen LogP contribution in [0.1, 0.15) is 11.1 Å². The molecule has 2 heteroatoms. The summed E-state index contributed by atoms with van der Waals surface area (Å²) in [6, 6.07) is 16.3. The lowest BCUT2D eigenvalue weighted by Crippen LogP contribution is -1.94. The number of hydrogen-bond donors (Lipinski definition) is 2. The molecule has 98 valence electrons. The molecule has 0 unspecified atom stereocenters. The molecule has 3 aromatic rings. The summed E-state index contributed by atoms with van der Waals surface area (Å²) < 4.78 is 0. The third kappa shape index (κ3) is 1.35. The van der Waals surface area contributed by atoms with Gasteiger partial charge in [0.25, 0.3) is 0 Å². The van der Waals surface area contributed by atoms with Crippen molar-refractivity contribution in [2.45, 2.75) is 13.2 Å². The van der Waals surface area contributed by atoms with Crippen molar-refractivity contribution >= 4 is 10.8 Å². The van der Waals surface area contributed by atoms with Crippen LogP contribution < -0.4 is 0 Å². The van der Waals surface area contributed by atoms with E-state index in [-0.39, 0.29) is 13.2 Å². The van der Waals surface area contributed by atoms with E-state index >= 15 is 0 Å². The predicted molar refractivity (Wildman–Crippen MR) is 80.2 cm³/mol. The molecule has 0 radical (unpaired) electrons. The zero-order chi connectivity index (χ0) is 13.7. The quantitative estimate of drug-likeness (QED) is 0.580. The number of rotatable bonds is 2. The maximum atomic E-state index is 9.64. The molecular formula is C18H14O2. The van der Waals surface area contributed by atoms with E-state index in [4.69, 9.17) is 0 Å². The fourth-order valence-corrected chi connectivity index (χ4v) is 3.33. The van der Waals surface area contributed by atoms with Crippen LogP contribution in [0.3, 0.4) is 0 Å². The Bertz CT molecular complexity index is 768. The monoisotopic (exact) mass is 262 g/mol. The zero-order valence-corrected chi connectivity index (χ0v) is 10.9. The van der Waals surface area contributed by atoms with Crippen LogP contribution in [0.5, 0.6) is 0 Å². The average molecular weight is 262 g/mol. The SMILES string of the molecule is OCc1ccc(CO)c2c1-c1cccc3cccc-2c13. The molecule has 0 aromatic heterocycles. The van der Waals surface area contributed by atoms with Crippen LogP contribution in [0.2, 0.25) is 0 Å². The van der Waals surface area contributed by atoms with E-state index in [1.807, 2.05) is 24.3 Å². The van der Waals surface area contributed by atoms with Crippen LogP contribution in [0.4, 0.5) is 0 Å². The number of benzene rings is 3. The molecule has 0 spiro atoms. The van der Waals surface area contributed by atoms with Crippen LogP contribution in [0.25, 0.3) is 33.0 Å². The summed E-state index contributed by atoms with van der Waals surface area (Å²) in [4.78, 5) is 0. The Kier molecular flexibility index (Phi) is 2.43. The third-order valence-electron chi connectivity index (χ3n) is 4.16. The van der Waals surface area contributed by atoms with Crippen LogP contribution >= 0.6 is 0 Å². The molecule has 3 aromatic carbocycles. The standard InChI is InChI=1S/C18H14O2/c19-9-12-7-8-13(10-20)18-15-6-2-4-11-3-1-5-14(16(11)15)17(12)18/h1-8,19-20H,9-10H2. The maximum absolute atomic E-state index is 9.64. The van der Waals surface area contributed by atoms with Crippen LogP contribution in [-0.2, 0) is 13.2 Å². The highest BCUT2D eigenvalue weighted by molar-refractivity contribution is 6.16. The fourth-order valence-electron chi connectivity index (χ4n) is 3.33.